The Morgan fingerprint density at radius 3 is 2.10 bits per heavy atom. The van der Waals surface area contributed by atoms with Gasteiger partial charge in [0.15, 0.2) is 0 Å². The molecule has 0 saturated heterocycles. The Balaban J connectivity index is 1.60. The van der Waals surface area contributed by atoms with Gasteiger partial charge in [-0.1, -0.05) is 54.6 Å². The van der Waals surface area contributed by atoms with Crippen molar-refractivity contribution in [2.45, 2.75) is 0 Å². The van der Waals surface area contributed by atoms with E-state index in [4.69, 9.17) is 4.98 Å². The lowest BCUT2D eigenvalue weighted by atomic mass is 10.0. The van der Waals surface area contributed by atoms with Crippen molar-refractivity contribution in [1.82, 2.24) is 19.4 Å². The quantitative estimate of drug-likeness (QED) is 0.352. The fraction of sp³-hybridized carbons (Fsp3) is 0. The van der Waals surface area contributed by atoms with Gasteiger partial charge in [0.05, 0.1) is 11.2 Å². The maximum atomic E-state index is 5.10. The van der Waals surface area contributed by atoms with Crippen LogP contribution in [-0.2, 0) is 0 Å². The molecule has 4 nitrogen and oxygen atoms in total. The first-order valence-electron chi connectivity index (χ1n) is 10.2. The summed E-state index contributed by atoms with van der Waals surface area (Å²) in [6, 6.07) is 31.2. The normalized spacial score (nSPS) is 11.2. The molecule has 4 aromatic heterocycles. The largest absolute Gasteiger partial charge is 0.276 e. The van der Waals surface area contributed by atoms with E-state index in [9.17, 15) is 0 Å². The monoisotopic (exact) mass is 398 g/mol. The molecule has 0 N–H and O–H groups in total. The minimum absolute atomic E-state index is 0.888. The SMILES string of the molecule is c1ccc(-c2nc(-c3ccc(-c4ccncc4)cc3)n3c2ccc2cccnc23)cc1. The molecule has 4 heterocycles. The maximum absolute atomic E-state index is 5.10. The van der Waals surface area contributed by atoms with Crippen LogP contribution in [0.1, 0.15) is 0 Å². The van der Waals surface area contributed by atoms with Gasteiger partial charge in [-0.3, -0.25) is 9.38 Å². The minimum Gasteiger partial charge on any atom is -0.276 e. The summed E-state index contributed by atoms with van der Waals surface area (Å²) >= 11 is 0. The van der Waals surface area contributed by atoms with Crippen LogP contribution in [0.4, 0.5) is 0 Å². The van der Waals surface area contributed by atoms with E-state index < -0.39 is 0 Å². The highest BCUT2D eigenvalue weighted by Gasteiger charge is 2.17. The molecule has 0 spiro atoms. The Kier molecular flexibility index (Phi) is 4.06. The van der Waals surface area contributed by atoms with Crippen LogP contribution in [-0.4, -0.2) is 19.4 Å². The van der Waals surface area contributed by atoms with Crippen LogP contribution in [0.5, 0.6) is 0 Å². The average Bonchev–Trinajstić information content (AvgIpc) is 3.25. The molecule has 0 aliphatic heterocycles. The third-order valence-corrected chi connectivity index (χ3v) is 5.57. The summed E-state index contributed by atoms with van der Waals surface area (Å²) in [5, 5.41) is 1.08. The number of hydrogen-bond donors (Lipinski definition) is 0. The molecule has 0 bridgehead atoms. The van der Waals surface area contributed by atoms with Gasteiger partial charge in [-0.2, -0.15) is 0 Å². The molecule has 0 radical (unpaired) electrons. The van der Waals surface area contributed by atoms with Crippen molar-refractivity contribution in [1.29, 1.82) is 0 Å². The Morgan fingerprint density at radius 1 is 0.548 bits per heavy atom. The van der Waals surface area contributed by atoms with Gasteiger partial charge < -0.3 is 0 Å². The minimum atomic E-state index is 0.888. The Morgan fingerprint density at radius 2 is 1.29 bits per heavy atom. The standard InChI is InChI=1S/C27H18N4/c1-2-5-21(6-3-1)25-24-13-12-22-7-4-16-29-26(22)31(24)27(30-25)23-10-8-19(9-11-23)20-14-17-28-18-15-20/h1-18H. The zero-order chi connectivity index (χ0) is 20.6. The molecule has 0 saturated carbocycles. The number of pyridine rings is 3. The van der Waals surface area contributed by atoms with Gasteiger partial charge in [0.2, 0.25) is 0 Å². The fourth-order valence-electron chi connectivity index (χ4n) is 4.05. The smallest absolute Gasteiger partial charge is 0.146 e. The molecule has 6 rings (SSSR count). The molecule has 0 unspecified atom stereocenters. The van der Waals surface area contributed by atoms with Gasteiger partial charge in [0, 0.05) is 35.1 Å². The molecule has 0 aliphatic rings. The third kappa shape index (κ3) is 2.97. The zero-order valence-electron chi connectivity index (χ0n) is 16.7. The van der Waals surface area contributed by atoms with Crippen LogP contribution in [0.2, 0.25) is 0 Å². The lowest BCUT2D eigenvalue weighted by Crippen LogP contribution is -1.94. The van der Waals surface area contributed by atoms with Gasteiger partial charge in [0.1, 0.15) is 11.5 Å². The number of fused-ring (bicyclic) bond motifs is 3. The predicted octanol–water partition coefficient (Wildman–Crippen LogP) is 6.28. The van der Waals surface area contributed by atoms with Gasteiger partial charge in [-0.05, 0) is 47.5 Å². The number of imidazole rings is 1. The summed E-state index contributed by atoms with van der Waals surface area (Å²) in [7, 11) is 0. The van der Waals surface area contributed by atoms with E-state index in [1.165, 1.54) is 0 Å². The topological polar surface area (TPSA) is 43.1 Å². The van der Waals surface area contributed by atoms with E-state index in [1.807, 2.05) is 55.0 Å². The highest BCUT2D eigenvalue weighted by Crippen LogP contribution is 2.33. The highest BCUT2D eigenvalue weighted by atomic mass is 15.1. The van der Waals surface area contributed by atoms with E-state index >= 15 is 0 Å². The van der Waals surface area contributed by atoms with E-state index in [0.717, 1.165) is 50.3 Å². The Bertz CT molecular complexity index is 1500. The van der Waals surface area contributed by atoms with Gasteiger partial charge in [0.25, 0.3) is 0 Å². The van der Waals surface area contributed by atoms with Gasteiger partial charge in [-0.15, -0.1) is 0 Å². The van der Waals surface area contributed by atoms with Crippen LogP contribution in [0, 0.1) is 0 Å². The van der Waals surface area contributed by atoms with Crippen LogP contribution < -0.4 is 0 Å². The van der Waals surface area contributed by atoms with Crippen molar-refractivity contribution < 1.29 is 0 Å². The second-order valence-corrected chi connectivity index (χ2v) is 7.43. The average molecular weight is 398 g/mol. The summed E-state index contributed by atoms with van der Waals surface area (Å²) in [5.41, 5.74) is 7.35. The zero-order valence-corrected chi connectivity index (χ0v) is 16.7. The molecule has 4 heteroatoms. The molecule has 0 atom stereocenters. The van der Waals surface area contributed by atoms with E-state index in [-0.39, 0.29) is 0 Å². The molecular weight excluding hydrogens is 380 g/mol. The van der Waals surface area contributed by atoms with E-state index in [1.54, 1.807) is 0 Å². The van der Waals surface area contributed by atoms with Gasteiger partial charge >= 0.3 is 0 Å². The van der Waals surface area contributed by atoms with E-state index in [0.29, 0.717) is 0 Å². The van der Waals surface area contributed by atoms with Crippen molar-refractivity contribution >= 4 is 16.6 Å². The Hall–Kier alpha value is -4.31. The first kappa shape index (κ1) is 17.5. The first-order chi connectivity index (χ1) is 15.4. The predicted molar refractivity (Wildman–Crippen MR) is 125 cm³/mol. The number of hydrogen-bond acceptors (Lipinski definition) is 3. The molecule has 0 amide bonds. The van der Waals surface area contributed by atoms with Crippen LogP contribution in [0.15, 0.2) is 110 Å². The van der Waals surface area contributed by atoms with Gasteiger partial charge in [-0.25, -0.2) is 9.97 Å². The summed E-state index contributed by atoms with van der Waals surface area (Å²) in [5.74, 6) is 0.888. The molecule has 2 aromatic carbocycles. The van der Waals surface area contributed by atoms with Crippen molar-refractivity contribution in [3.8, 4) is 33.8 Å². The molecular formula is C27H18N4. The summed E-state index contributed by atoms with van der Waals surface area (Å²) < 4.78 is 2.17. The second-order valence-electron chi connectivity index (χ2n) is 7.43. The summed E-state index contributed by atoms with van der Waals surface area (Å²) in [6.45, 7) is 0. The fourth-order valence-corrected chi connectivity index (χ4v) is 4.05. The maximum Gasteiger partial charge on any atom is 0.146 e. The second kappa shape index (κ2) is 7.18. The number of rotatable bonds is 3. The van der Waals surface area contributed by atoms with Crippen molar-refractivity contribution in [3.05, 3.63) is 110 Å². The highest BCUT2D eigenvalue weighted by molar-refractivity contribution is 5.89. The Labute approximate surface area is 179 Å². The van der Waals surface area contributed by atoms with E-state index in [2.05, 4.69) is 69.0 Å². The number of benzene rings is 2. The van der Waals surface area contributed by atoms with Crippen LogP contribution in [0.3, 0.4) is 0 Å². The van der Waals surface area contributed by atoms with Crippen LogP contribution >= 0.6 is 0 Å². The number of nitrogens with zero attached hydrogens (tertiary/aromatic N) is 4. The lowest BCUT2D eigenvalue weighted by molar-refractivity contribution is 1.17. The first-order valence-corrected chi connectivity index (χ1v) is 10.2. The van der Waals surface area contributed by atoms with Crippen molar-refractivity contribution in [2.75, 3.05) is 0 Å². The third-order valence-electron chi connectivity index (χ3n) is 5.57. The summed E-state index contributed by atoms with van der Waals surface area (Å²) in [4.78, 5) is 13.9. The lowest BCUT2D eigenvalue weighted by Gasteiger charge is -2.07. The van der Waals surface area contributed by atoms with Crippen molar-refractivity contribution in [2.24, 2.45) is 0 Å². The van der Waals surface area contributed by atoms with Crippen molar-refractivity contribution in [3.63, 3.8) is 0 Å². The molecule has 31 heavy (non-hydrogen) atoms. The molecule has 0 fully saturated rings. The molecule has 6 aromatic rings. The number of aromatic nitrogens is 4. The van der Waals surface area contributed by atoms with Crippen LogP contribution in [0.25, 0.3) is 50.3 Å². The molecule has 0 aliphatic carbocycles. The molecule has 146 valence electrons. The summed E-state index contributed by atoms with van der Waals surface area (Å²) in [6.07, 6.45) is 5.46.